The van der Waals surface area contributed by atoms with Crippen LogP contribution in [0.3, 0.4) is 0 Å². The first-order chi connectivity index (χ1) is 10.1. The fourth-order valence-corrected chi connectivity index (χ4v) is 2.40. The van der Waals surface area contributed by atoms with Gasteiger partial charge in [0.2, 0.25) is 5.95 Å². The minimum Gasteiger partial charge on any atom is -0.337 e. The molecule has 1 saturated heterocycles. The van der Waals surface area contributed by atoms with Crippen LogP contribution in [0.25, 0.3) is 0 Å². The number of aromatic nitrogens is 4. The summed E-state index contributed by atoms with van der Waals surface area (Å²) in [7, 11) is 1.82. The summed E-state index contributed by atoms with van der Waals surface area (Å²) >= 11 is 5.78. The molecule has 3 heterocycles. The molecule has 1 fully saturated rings. The Hall–Kier alpha value is -2.15. The summed E-state index contributed by atoms with van der Waals surface area (Å²) in [6.45, 7) is 2.67. The lowest BCUT2D eigenvalue weighted by Crippen LogP contribution is -2.49. The van der Waals surface area contributed by atoms with Crippen molar-refractivity contribution in [2.45, 2.75) is 0 Å². The highest BCUT2D eigenvalue weighted by Crippen LogP contribution is 2.14. The maximum atomic E-state index is 12.4. The van der Waals surface area contributed by atoms with Crippen molar-refractivity contribution >= 4 is 23.5 Å². The molecule has 1 amide bonds. The van der Waals surface area contributed by atoms with Crippen LogP contribution in [0.15, 0.2) is 24.9 Å². The Morgan fingerprint density at radius 2 is 1.81 bits per heavy atom. The van der Waals surface area contributed by atoms with E-state index in [-0.39, 0.29) is 5.91 Å². The van der Waals surface area contributed by atoms with E-state index >= 15 is 0 Å². The third-order valence-electron chi connectivity index (χ3n) is 3.49. The molecular weight excluding hydrogens is 292 g/mol. The van der Waals surface area contributed by atoms with Crippen LogP contribution in [0.5, 0.6) is 0 Å². The molecule has 1 aliphatic heterocycles. The summed E-state index contributed by atoms with van der Waals surface area (Å²) in [6, 6.07) is 0. The van der Waals surface area contributed by atoms with E-state index in [1.54, 1.807) is 29.5 Å². The van der Waals surface area contributed by atoms with Gasteiger partial charge in [0.1, 0.15) is 5.69 Å². The van der Waals surface area contributed by atoms with E-state index in [2.05, 4.69) is 15.0 Å². The summed E-state index contributed by atoms with van der Waals surface area (Å²) in [5.74, 6) is 0.652. The lowest BCUT2D eigenvalue weighted by atomic mass is 10.3. The highest BCUT2D eigenvalue weighted by atomic mass is 35.5. The van der Waals surface area contributed by atoms with Crippen LogP contribution in [0.2, 0.25) is 5.02 Å². The minimum atomic E-state index is 0.00618. The summed E-state index contributed by atoms with van der Waals surface area (Å²) < 4.78 is 1.73. The average Bonchev–Trinajstić information content (AvgIpc) is 2.94. The number of nitrogens with zero attached hydrogens (tertiary/aromatic N) is 6. The fourth-order valence-electron chi connectivity index (χ4n) is 2.30. The van der Waals surface area contributed by atoms with Crippen molar-refractivity contribution in [3.8, 4) is 0 Å². The number of anilines is 1. The SMILES string of the molecule is Cn1cncc1C(=O)N1CCN(c2ncc(Cl)cn2)CC1. The molecule has 0 radical (unpaired) electrons. The van der Waals surface area contributed by atoms with E-state index in [0.717, 1.165) is 0 Å². The smallest absolute Gasteiger partial charge is 0.272 e. The van der Waals surface area contributed by atoms with Crippen molar-refractivity contribution in [1.29, 1.82) is 0 Å². The number of aryl methyl sites for hydroxylation is 1. The van der Waals surface area contributed by atoms with Crippen LogP contribution in [-0.2, 0) is 7.05 Å². The standard InChI is InChI=1S/C13H15ClN6O/c1-18-9-15-8-11(18)12(21)19-2-4-20(5-3-19)13-16-6-10(14)7-17-13/h6-9H,2-5H2,1H3. The van der Waals surface area contributed by atoms with Crippen LogP contribution >= 0.6 is 11.6 Å². The molecule has 2 aromatic heterocycles. The lowest BCUT2D eigenvalue weighted by Gasteiger charge is -2.34. The quantitative estimate of drug-likeness (QED) is 0.822. The van der Waals surface area contributed by atoms with Gasteiger partial charge in [-0.2, -0.15) is 0 Å². The molecule has 2 aromatic rings. The second kappa shape index (κ2) is 5.69. The number of imidazole rings is 1. The van der Waals surface area contributed by atoms with Gasteiger partial charge in [-0.3, -0.25) is 4.79 Å². The Morgan fingerprint density at radius 3 is 2.38 bits per heavy atom. The van der Waals surface area contributed by atoms with Gasteiger partial charge in [0.05, 0.1) is 29.9 Å². The summed E-state index contributed by atoms with van der Waals surface area (Å²) in [5, 5.41) is 0.517. The van der Waals surface area contributed by atoms with Crippen molar-refractivity contribution in [2.75, 3.05) is 31.1 Å². The largest absolute Gasteiger partial charge is 0.337 e. The number of halogens is 1. The molecule has 0 N–H and O–H groups in total. The zero-order valence-corrected chi connectivity index (χ0v) is 12.4. The molecule has 1 aliphatic rings. The van der Waals surface area contributed by atoms with E-state index in [1.807, 2.05) is 16.8 Å². The van der Waals surface area contributed by atoms with Gasteiger partial charge in [0.15, 0.2) is 0 Å². The first-order valence-corrected chi connectivity index (χ1v) is 7.01. The Morgan fingerprint density at radius 1 is 1.14 bits per heavy atom. The monoisotopic (exact) mass is 306 g/mol. The van der Waals surface area contributed by atoms with Gasteiger partial charge in [-0.15, -0.1) is 0 Å². The predicted octanol–water partition coefficient (Wildman–Crippen LogP) is 0.826. The molecule has 110 valence electrons. The number of carbonyl (C=O) groups excluding carboxylic acids is 1. The Bertz CT molecular complexity index is 632. The zero-order valence-electron chi connectivity index (χ0n) is 11.6. The topological polar surface area (TPSA) is 67.2 Å². The first kappa shape index (κ1) is 13.8. The normalized spacial score (nSPS) is 15.3. The minimum absolute atomic E-state index is 0.00618. The fraction of sp³-hybridized carbons (Fsp3) is 0.385. The third kappa shape index (κ3) is 2.82. The Labute approximate surface area is 127 Å². The molecule has 0 spiro atoms. The van der Waals surface area contributed by atoms with Gasteiger partial charge >= 0.3 is 0 Å². The van der Waals surface area contributed by atoms with Crippen LogP contribution in [0.1, 0.15) is 10.5 Å². The molecule has 0 aromatic carbocycles. The van der Waals surface area contributed by atoms with Gasteiger partial charge in [-0.1, -0.05) is 11.6 Å². The highest BCUT2D eigenvalue weighted by molar-refractivity contribution is 6.30. The zero-order chi connectivity index (χ0) is 14.8. The van der Waals surface area contributed by atoms with Gasteiger partial charge in [0.25, 0.3) is 5.91 Å². The van der Waals surface area contributed by atoms with Crippen molar-refractivity contribution in [3.05, 3.63) is 35.6 Å². The van der Waals surface area contributed by atoms with Gasteiger partial charge in [-0.05, 0) is 0 Å². The molecule has 3 rings (SSSR count). The molecule has 21 heavy (non-hydrogen) atoms. The van der Waals surface area contributed by atoms with Crippen LogP contribution in [-0.4, -0.2) is 56.5 Å². The molecular formula is C13H15ClN6O. The number of hydrogen-bond acceptors (Lipinski definition) is 5. The maximum absolute atomic E-state index is 12.4. The van der Waals surface area contributed by atoms with Crippen molar-refractivity contribution < 1.29 is 4.79 Å². The molecule has 7 nitrogen and oxygen atoms in total. The maximum Gasteiger partial charge on any atom is 0.272 e. The van der Waals surface area contributed by atoms with Gasteiger partial charge in [0, 0.05) is 33.2 Å². The van der Waals surface area contributed by atoms with Crippen LogP contribution < -0.4 is 4.90 Å². The molecule has 8 heteroatoms. The molecule has 0 atom stereocenters. The van der Waals surface area contributed by atoms with E-state index in [9.17, 15) is 4.79 Å². The van der Waals surface area contributed by atoms with Crippen LogP contribution in [0, 0.1) is 0 Å². The van der Waals surface area contributed by atoms with E-state index in [1.165, 1.54) is 0 Å². The second-order valence-corrected chi connectivity index (χ2v) is 5.31. The number of rotatable bonds is 2. The van der Waals surface area contributed by atoms with E-state index in [4.69, 9.17) is 11.6 Å². The Kier molecular flexibility index (Phi) is 3.74. The lowest BCUT2D eigenvalue weighted by molar-refractivity contribution is 0.0736. The summed E-state index contributed by atoms with van der Waals surface area (Å²) in [6.07, 6.45) is 6.39. The molecule has 0 aliphatic carbocycles. The predicted molar refractivity (Wildman–Crippen MR) is 78.4 cm³/mol. The van der Waals surface area contributed by atoms with E-state index < -0.39 is 0 Å². The van der Waals surface area contributed by atoms with Crippen molar-refractivity contribution in [1.82, 2.24) is 24.4 Å². The average molecular weight is 307 g/mol. The summed E-state index contributed by atoms with van der Waals surface area (Å²) in [5.41, 5.74) is 0.603. The highest BCUT2D eigenvalue weighted by Gasteiger charge is 2.24. The number of carbonyl (C=O) groups is 1. The van der Waals surface area contributed by atoms with Gasteiger partial charge in [-0.25, -0.2) is 15.0 Å². The molecule has 0 unspecified atom stereocenters. The third-order valence-corrected chi connectivity index (χ3v) is 3.69. The number of hydrogen-bond donors (Lipinski definition) is 0. The van der Waals surface area contributed by atoms with Gasteiger partial charge < -0.3 is 14.4 Å². The molecule has 0 bridgehead atoms. The number of piperazine rings is 1. The number of amides is 1. The summed E-state index contributed by atoms with van der Waals surface area (Å²) in [4.78, 5) is 28.6. The van der Waals surface area contributed by atoms with Crippen molar-refractivity contribution in [3.63, 3.8) is 0 Å². The van der Waals surface area contributed by atoms with Crippen molar-refractivity contribution in [2.24, 2.45) is 7.05 Å². The Balaban J connectivity index is 1.64. The van der Waals surface area contributed by atoms with Crippen LogP contribution in [0.4, 0.5) is 5.95 Å². The second-order valence-electron chi connectivity index (χ2n) is 4.87. The van der Waals surface area contributed by atoms with E-state index in [0.29, 0.717) is 42.8 Å². The molecule has 0 saturated carbocycles. The first-order valence-electron chi connectivity index (χ1n) is 6.63.